The highest BCUT2D eigenvalue weighted by Gasteiger charge is 2.22. The van der Waals surface area contributed by atoms with Gasteiger partial charge in [-0.15, -0.1) is 0 Å². The maximum Gasteiger partial charge on any atom is 0.311 e. The van der Waals surface area contributed by atoms with Gasteiger partial charge in [-0.1, -0.05) is 38.5 Å². The Kier molecular flexibility index (Phi) is 7.37. The van der Waals surface area contributed by atoms with Gasteiger partial charge < -0.3 is 15.2 Å². The number of aliphatic carboxylic acids is 1. The Balaban J connectivity index is 2.26. The molecule has 0 heterocycles. The van der Waals surface area contributed by atoms with Crippen LogP contribution in [0.2, 0.25) is 0 Å². The smallest absolute Gasteiger partial charge is 0.311 e. The lowest BCUT2D eigenvalue weighted by Crippen LogP contribution is -2.16. The molecule has 7 heteroatoms. The van der Waals surface area contributed by atoms with E-state index in [0.717, 1.165) is 24.2 Å². The quantitative estimate of drug-likeness (QED) is 0.461. The fourth-order valence-corrected chi connectivity index (χ4v) is 2.85. The Bertz CT molecular complexity index is 820. The molecule has 0 aliphatic carbocycles. The zero-order valence-electron chi connectivity index (χ0n) is 16.3. The molecule has 0 spiro atoms. The van der Waals surface area contributed by atoms with Gasteiger partial charge in [-0.25, -0.2) is 0 Å². The molecule has 2 rings (SSSR count). The summed E-state index contributed by atoms with van der Waals surface area (Å²) in [4.78, 5) is 22.2. The zero-order valence-corrected chi connectivity index (χ0v) is 16.3. The predicted molar refractivity (Wildman–Crippen MR) is 108 cm³/mol. The first-order chi connectivity index (χ1) is 13.3. The number of nitro groups is 1. The molecule has 2 aromatic carbocycles. The summed E-state index contributed by atoms with van der Waals surface area (Å²) in [5.74, 6) is -0.580. The molecule has 0 aromatic heterocycles. The van der Waals surface area contributed by atoms with Crippen molar-refractivity contribution in [1.29, 1.82) is 0 Å². The second kappa shape index (κ2) is 9.73. The van der Waals surface area contributed by atoms with Crippen LogP contribution in [0, 0.1) is 16.0 Å². The Morgan fingerprint density at radius 2 is 1.93 bits per heavy atom. The van der Waals surface area contributed by atoms with E-state index in [1.165, 1.54) is 12.1 Å². The molecule has 2 unspecified atom stereocenters. The van der Waals surface area contributed by atoms with Crippen LogP contribution in [0.1, 0.15) is 37.3 Å². The normalized spacial score (nSPS) is 12.8. The van der Waals surface area contributed by atoms with Gasteiger partial charge in [0.05, 0.1) is 23.6 Å². The van der Waals surface area contributed by atoms with Crippen molar-refractivity contribution < 1.29 is 19.6 Å². The third-order valence-corrected chi connectivity index (χ3v) is 4.85. The molecule has 2 aromatic rings. The van der Waals surface area contributed by atoms with Gasteiger partial charge in [0.2, 0.25) is 0 Å². The second-order valence-corrected chi connectivity index (χ2v) is 6.87. The van der Waals surface area contributed by atoms with Gasteiger partial charge in [-0.2, -0.15) is 0 Å². The van der Waals surface area contributed by atoms with Gasteiger partial charge in [-0.05, 0) is 35.6 Å². The van der Waals surface area contributed by atoms with Crippen LogP contribution in [-0.2, 0) is 11.2 Å². The van der Waals surface area contributed by atoms with Gasteiger partial charge in [-0.3, -0.25) is 14.9 Å². The lowest BCUT2D eigenvalue weighted by molar-refractivity contribution is -0.384. The number of nitrogens with one attached hydrogen (secondary N) is 1. The molecule has 2 atom stereocenters. The number of non-ortho nitro benzene ring substituents is 1. The number of nitrogens with zero attached hydrogens (tertiary/aromatic N) is 1. The topological polar surface area (TPSA) is 102 Å². The van der Waals surface area contributed by atoms with Crippen LogP contribution < -0.4 is 10.1 Å². The van der Waals surface area contributed by atoms with E-state index < -0.39 is 16.8 Å². The minimum atomic E-state index is -0.948. The summed E-state index contributed by atoms with van der Waals surface area (Å²) in [6.45, 7) is 5.01. The minimum Gasteiger partial charge on any atom is -0.495 e. The van der Waals surface area contributed by atoms with Crippen LogP contribution in [0.25, 0.3) is 0 Å². The van der Waals surface area contributed by atoms with E-state index in [0.29, 0.717) is 17.2 Å². The van der Waals surface area contributed by atoms with E-state index in [1.54, 1.807) is 31.4 Å². The predicted octanol–water partition coefficient (Wildman–Crippen LogP) is 4.47. The van der Waals surface area contributed by atoms with Gasteiger partial charge in [0, 0.05) is 18.7 Å². The molecule has 0 fully saturated rings. The lowest BCUT2D eigenvalue weighted by Gasteiger charge is -2.18. The van der Waals surface area contributed by atoms with E-state index in [-0.39, 0.29) is 12.1 Å². The molecule has 2 N–H and O–H groups in total. The maximum atomic E-state index is 11.9. The van der Waals surface area contributed by atoms with Crippen LogP contribution >= 0.6 is 0 Å². The average molecular weight is 386 g/mol. The van der Waals surface area contributed by atoms with Crippen LogP contribution in [-0.4, -0.2) is 29.7 Å². The standard InChI is InChI=1S/C21H26N2O5/c1-4-14(2)13-22-19-12-16(7-10-20(19)28-3)18(21(24)25)11-15-5-8-17(9-6-15)23(26)27/h5-10,12,14,18,22H,4,11,13H2,1-3H3,(H,24,25). The monoisotopic (exact) mass is 386 g/mol. The first-order valence-electron chi connectivity index (χ1n) is 9.23. The molecule has 0 aliphatic rings. The number of hydrogen-bond acceptors (Lipinski definition) is 5. The molecular weight excluding hydrogens is 360 g/mol. The third-order valence-electron chi connectivity index (χ3n) is 4.85. The van der Waals surface area contributed by atoms with Crippen molar-refractivity contribution in [3.63, 3.8) is 0 Å². The fourth-order valence-electron chi connectivity index (χ4n) is 2.85. The fraction of sp³-hybridized carbons (Fsp3) is 0.381. The van der Waals surface area contributed by atoms with Crippen LogP contribution in [0.5, 0.6) is 5.75 Å². The summed E-state index contributed by atoms with van der Waals surface area (Å²) in [5.41, 5.74) is 2.12. The Morgan fingerprint density at radius 3 is 2.46 bits per heavy atom. The van der Waals surface area contributed by atoms with Crippen LogP contribution in [0.4, 0.5) is 11.4 Å². The molecular formula is C21H26N2O5. The molecule has 0 aliphatic heterocycles. The van der Waals surface area contributed by atoms with Gasteiger partial charge in [0.25, 0.3) is 5.69 Å². The number of anilines is 1. The highest BCUT2D eigenvalue weighted by molar-refractivity contribution is 5.77. The molecule has 0 radical (unpaired) electrons. The van der Waals surface area contributed by atoms with Crippen LogP contribution in [0.3, 0.4) is 0 Å². The van der Waals surface area contributed by atoms with E-state index in [2.05, 4.69) is 19.2 Å². The third kappa shape index (κ3) is 5.45. The lowest BCUT2D eigenvalue weighted by atomic mass is 9.91. The van der Waals surface area contributed by atoms with Crippen molar-refractivity contribution in [2.24, 2.45) is 5.92 Å². The number of carbonyl (C=O) groups is 1. The van der Waals surface area contributed by atoms with Crippen molar-refractivity contribution in [2.45, 2.75) is 32.6 Å². The summed E-state index contributed by atoms with van der Waals surface area (Å²) in [6, 6.07) is 11.3. The summed E-state index contributed by atoms with van der Waals surface area (Å²) in [7, 11) is 1.58. The Morgan fingerprint density at radius 1 is 1.25 bits per heavy atom. The molecule has 0 saturated carbocycles. The van der Waals surface area contributed by atoms with Crippen molar-refractivity contribution in [2.75, 3.05) is 19.0 Å². The number of rotatable bonds is 10. The van der Waals surface area contributed by atoms with E-state index in [1.807, 2.05) is 6.07 Å². The molecule has 28 heavy (non-hydrogen) atoms. The van der Waals surface area contributed by atoms with Crippen molar-refractivity contribution in [3.05, 3.63) is 63.7 Å². The number of nitro benzene ring substituents is 1. The first-order valence-corrected chi connectivity index (χ1v) is 9.23. The number of carboxylic acids is 1. The van der Waals surface area contributed by atoms with Crippen molar-refractivity contribution in [3.8, 4) is 5.75 Å². The Labute approximate surface area is 164 Å². The summed E-state index contributed by atoms with van der Waals surface area (Å²) < 4.78 is 5.39. The largest absolute Gasteiger partial charge is 0.495 e. The zero-order chi connectivity index (χ0) is 20.7. The number of carboxylic acid groups (broad SMARTS) is 1. The highest BCUT2D eigenvalue weighted by Crippen LogP contribution is 2.31. The van der Waals surface area contributed by atoms with Crippen LogP contribution in [0.15, 0.2) is 42.5 Å². The minimum absolute atomic E-state index is 0.0170. The maximum absolute atomic E-state index is 11.9. The summed E-state index contributed by atoms with van der Waals surface area (Å²) >= 11 is 0. The highest BCUT2D eigenvalue weighted by atomic mass is 16.6. The summed E-state index contributed by atoms with van der Waals surface area (Å²) in [6.07, 6.45) is 1.28. The molecule has 0 saturated heterocycles. The van der Waals surface area contributed by atoms with Crippen molar-refractivity contribution in [1.82, 2.24) is 0 Å². The second-order valence-electron chi connectivity index (χ2n) is 6.87. The van der Waals surface area contributed by atoms with E-state index in [4.69, 9.17) is 4.74 Å². The SMILES string of the molecule is CCC(C)CNc1cc(C(Cc2ccc([N+](=O)[O-])cc2)C(=O)O)ccc1OC. The molecule has 7 nitrogen and oxygen atoms in total. The Hall–Kier alpha value is -3.09. The number of benzene rings is 2. The van der Waals surface area contributed by atoms with Gasteiger partial charge in [0.1, 0.15) is 5.75 Å². The molecule has 0 bridgehead atoms. The molecule has 150 valence electrons. The number of ether oxygens (including phenoxy) is 1. The van der Waals surface area contributed by atoms with E-state index in [9.17, 15) is 20.0 Å². The first kappa shape index (κ1) is 21.2. The average Bonchev–Trinajstić information content (AvgIpc) is 2.70. The number of hydrogen-bond donors (Lipinski definition) is 2. The van der Waals surface area contributed by atoms with E-state index >= 15 is 0 Å². The van der Waals surface area contributed by atoms with Gasteiger partial charge in [0.15, 0.2) is 0 Å². The van der Waals surface area contributed by atoms with Gasteiger partial charge >= 0.3 is 5.97 Å². The van der Waals surface area contributed by atoms with Crippen molar-refractivity contribution >= 4 is 17.3 Å². The summed E-state index contributed by atoms with van der Waals surface area (Å²) in [5, 5.41) is 23.9. The number of methoxy groups -OCH3 is 1. The molecule has 0 amide bonds.